The molecule has 104 valence electrons. The second-order valence-electron chi connectivity index (χ2n) is 4.78. The standard InChI is InChI=1S/C14H17BrClNO2/c15-13-9-10(16)5-6-12(13)14(19)17(7-2-8-18)11-3-1-4-11/h5-6,9,11,18H,1-4,7-8H2. The first kappa shape index (κ1) is 14.8. The van der Waals surface area contributed by atoms with E-state index in [4.69, 9.17) is 16.7 Å². The van der Waals surface area contributed by atoms with Crippen LogP contribution in [-0.4, -0.2) is 35.1 Å². The smallest absolute Gasteiger partial charge is 0.255 e. The summed E-state index contributed by atoms with van der Waals surface area (Å²) in [5, 5.41) is 9.57. The summed E-state index contributed by atoms with van der Waals surface area (Å²) >= 11 is 9.29. The van der Waals surface area contributed by atoms with Crippen LogP contribution < -0.4 is 0 Å². The van der Waals surface area contributed by atoms with Gasteiger partial charge in [0.05, 0.1) is 5.56 Å². The summed E-state index contributed by atoms with van der Waals surface area (Å²) in [6, 6.07) is 5.53. The fourth-order valence-corrected chi connectivity index (χ4v) is 3.06. The Morgan fingerprint density at radius 3 is 2.74 bits per heavy atom. The molecule has 1 aromatic carbocycles. The maximum Gasteiger partial charge on any atom is 0.255 e. The van der Waals surface area contributed by atoms with Crippen LogP contribution in [0.25, 0.3) is 0 Å². The van der Waals surface area contributed by atoms with E-state index in [2.05, 4.69) is 15.9 Å². The van der Waals surface area contributed by atoms with E-state index in [1.165, 1.54) is 6.42 Å². The monoisotopic (exact) mass is 345 g/mol. The average Bonchev–Trinajstić information content (AvgIpc) is 2.31. The number of carbonyl (C=O) groups excluding carboxylic acids is 1. The molecule has 0 radical (unpaired) electrons. The minimum absolute atomic E-state index is 0.0155. The number of nitrogens with zero attached hydrogens (tertiary/aromatic N) is 1. The van der Waals surface area contributed by atoms with Crippen molar-refractivity contribution in [2.45, 2.75) is 31.7 Å². The molecule has 0 heterocycles. The van der Waals surface area contributed by atoms with Gasteiger partial charge < -0.3 is 10.0 Å². The van der Waals surface area contributed by atoms with Crippen LogP contribution >= 0.6 is 27.5 Å². The molecule has 1 aliphatic carbocycles. The lowest BCUT2D eigenvalue weighted by atomic mass is 9.90. The topological polar surface area (TPSA) is 40.5 Å². The normalized spacial score (nSPS) is 15.1. The third-order valence-corrected chi connectivity index (χ3v) is 4.39. The van der Waals surface area contributed by atoms with Crippen molar-refractivity contribution < 1.29 is 9.90 Å². The minimum Gasteiger partial charge on any atom is -0.396 e. The van der Waals surface area contributed by atoms with Gasteiger partial charge in [-0.25, -0.2) is 0 Å². The highest BCUT2D eigenvalue weighted by molar-refractivity contribution is 9.10. The molecule has 1 fully saturated rings. The first-order valence-corrected chi connectivity index (χ1v) is 7.67. The van der Waals surface area contributed by atoms with Gasteiger partial charge in [-0.05, 0) is 59.8 Å². The number of benzene rings is 1. The molecule has 0 unspecified atom stereocenters. The van der Waals surface area contributed by atoms with Gasteiger partial charge in [-0.3, -0.25) is 4.79 Å². The van der Waals surface area contributed by atoms with Crippen LogP contribution in [0, 0.1) is 0 Å². The van der Waals surface area contributed by atoms with Gasteiger partial charge in [0.1, 0.15) is 0 Å². The van der Waals surface area contributed by atoms with Crippen molar-refractivity contribution in [1.82, 2.24) is 4.90 Å². The summed E-state index contributed by atoms with van der Waals surface area (Å²) in [5.74, 6) is 0.0155. The number of carbonyl (C=O) groups is 1. The van der Waals surface area contributed by atoms with Crippen LogP contribution in [0.5, 0.6) is 0 Å². The van der Waals surface area contributed by atoms with Gasteiger partial charge in [0, 0.05) is 28.7 Å². The van der Waals surface area contributed by atoms with E-state index >= 15 is 0 Å². The summed E-state index contributed by atoms with van der Waals surface area (Å²) in [5.41, 5.74) is 0.634. The van der Waals surface area contributed by atoms with Crippen LogP contribution in [0.4, 0.5) is 0 Å². The van der Waals surface area contributed by atoms with Gasteiger partial charge in [-0.1, -0.05) is 11.6 Å². The van der Waals surface area contributed by atoms with Gasteiger partial charge in [-0.15, -0.1) is 0 Å². The molecule has 1 aliphatic rings. The molecule has 1 amide bonds. The van der Waals surface area contributed by atoms with Gasteiger partial charge in [0.15, 0.2) is 0 Å². The van der Waals surface area contributed by atoms with Crippen LogP contribution in [0.15, 0.2) is 22.7 Å². The molecule has 5 heteroatoms. The molecule has 0 saturated heterocycles. The molecule has 0 aliphatic heterocycles. The van der Waals surface area contributed by atoms with E-state index in [1.54, 1.807) is 18.2 Å². The van der Waals surface area contributed by atoms with Crippen LogP contribution in [0.1, 0.15) is 36.0 Å². The van der Waals surface area contributed by atoms with Crippen molar-refractivity contribution in [3.05, 3.63) is 33.3 Å². The molecular weight excluding hydrogens is 330 g/mol. The minimum atomic E-state index is 0.0155. The van der Waals surface area contributed by atoms with E-state index in [9.17, 15) is 4.79 Å². The largest absolute Gasteiger partial charge is 0.396 e. The zero-order valence-electron chi connectivity index (χ0n) is 10.6. The average molecular weight is 347 g/mol. The Kier molecular flexibility index (Phi) is 5.25. The Morgan fingerprint density at radius 1 is 1.47 bits per heavy atom. The number of halogens is 2. The van der Waals surface area contributed by atoms with E-state index in [0.717, 1.165) is 17.3 Å². The Morgan fingerprint density at radius 2 is 2.21 bits per heavy atom. The highest BCUT2D eigenvalue weighted by Gasteiger charge is 2.29. The van der Waals surface area contributed by atoms with Gasteiger partial charge in [0.2, 0.25) is 0 Å². The zero-order chi connectivity index (χ0) is 13.8. The Balaban J connectivity index is 2.17. The van der Waals surface area contributed by atoms with Gasteiger partial charge in [0.25, 0.3) is 5.91 Å². The fourth-order valence-electron chi connectivity index (χ4n) is 2.21. The van der Waals surface area contributed by atoms with Crippen molar-refractivity contribution in [2.24, 2.45) is 0 Å². The predicted octanol–water partition coefficient (Wildman–Crippen LogP) is 3.48. The molecule has 0 bridgehead atoms. The van der Waals surface area contributed by atoms with E-state index < -0.39 is 0 Å². The van der Waals surface area contributed by atoms with Crippen LogP contribution in [0.2, 0.25) is 5.02 Å². The molecule has 0 spiro atoms. The predicted molar refractivity (Wildman–Crippen MR) is 79.5 cm³/mol. The third kappa shape index (κ3) is 3.50. The maximum absolute atomic E-state index is 12.6. The zero-order valence-corrected chi connectivity index (χ0v) is 13.0. The summed E-state index contributed by atoms with van der Waals surface area (Å²) < 4.78 is 0.721. The van der Waals surface area contributed by atoms with Crippen LogP contribution in [-0.2, 0) is 0 Å². The Labute approximate surface area is 126 Å². The van der Waals surface area contributed by atoms with E-state index in [-0.39, 0.29) is 12.5 Å². The molecule has 1 saturated carbocycles. The summed E-state index contributed by atoms with van der Waals surface area (Å²) in [4.78, 5) is 14.5. The molecule has 19 heavy (non-hydrogen) atoms. The van der Waals surface area contributed by atoms with Crippen LogP contribution in [0.3, 0.4) is 0 Å². The number of rotatable bonds is 5. The first-order valence-electron chi connectivity index (χ1n) is 6.50. The second-order valence-corrected chi connectivity index (χ2v) is 6.08. The number of aliphatic hydroxyl groups is 1. The van der Waals surface area contributed by atoms with Crippen molar-refractivity contribution >= 4 is 33.4 Å². The maximum atomic E-state index is 12.6. The third-order valence-electron chi connectivity index (χ3n) is 3.50. The molecule has 1 N–H and O–H groups in total. The highest BCUT2D eigenvalue weighted by Crippen LogP contribution is 2.29. The fraction of sp³-hybridized carbons (Fsp3) is 0.500. The van der Waals surface area contributed by atoms with Crippen molar-refractivity contribution in [3.63, 3.8) is 0 Å². The van der Waals surface area contributed by atoms with E-state index in [1.807, 2.05) is 4.90 Å². The van der Waals surface area contributed by atoms with Crippen molar-refractivity contribution in [2.75, 3.05) is 13.2 Å². The second kappa shape index (κ2) is 6.73. The summed E-state index contributed by atoms with van der Waals surface area (Å²) in [6.45, 7) is 0.716. The first-order chi connectivity index (χ1) is 9.13. The lowest BCUT2D eigenvalue weighted by Crippen LogP contribution is -2.45. The summed E-state index contributed by atoms with van der Waals surface area (Å²) in [7, 11) is 0. The lowest BCUT2D eigenvalue weighted by Gasteiger charge is -2.37. The SMILES string of the molecule is O=C(c1ccc(Cl)cc1Br)N(CCCO)C1CCC1. The van der Waals surface area contributed by atoms with E-state index in [0.29, 0.717) is 29.6 Å². The molecule has 3 nitrogen and oxygen atoms in total. The number of hydrogen-bond acceptors (Lipinski definition) is 2. The highest BCUT2D eigenvalue weighted by atomic mass is 79.9. The quantitative estimate of drug-likeness (QED) is 0.887. The molecule has 1 aromatic rings. The Bertz CT molecular complexity index is 463. The molecule has 0 aromatic heterocycles. The number of aliphatic hydroxyl groups excluding tert-OH is 1. The molecule has 2 rings (SSSR count). The Hall–Kier alpha value is -0.580. The van der Waals surface area contributed by atoms with Gasteiger partial charge in [-0.2, -0.15) is 0 Å². The molecular formula is C14H17BrClNO2. The number of hydrogen-bond donors (Lipinski definition) is 1. The summed E-state index contributed by atoms with van der Waals surface area (Å²) in [6.07, 6.45) is 3.91. The molecule has 0 atom stereocenters. The van der Waals surface area contributed by atoms with Gasteiger partial charge >= 0.3 is 0 Å². The number of amides is 1. The van der Waals surface area contributed by atoms with Crippen molar-refractivity contribution in [3.8, 4) is 0 Å². The van der Waals surface area contributed by atoms with Crippen molar-refractivity contribution in [1.29, 1.82) is 0 Å². The lowest BCUT2D eigenvalue weighted by molar-refractivity contribution is 0.0561.